The molecule has 136 valence electrons. The van der Waals surface area contributed by atoms with Crippen LogP contribution < -0.4 is 11.1 Å². The molecule has 0 spiro atoms. The number of likely N-dealkylation sites (N-methyl/N-ethyl adjacent to an activating group) is 2. The van der Waals surface area contributed by atoms with Crippen molar-refractivity contribution in [3.05, 3.63) is 0 Å². The second kappa shape index (κ2) is 8.85. The Bertz CT molecular complexity index is 370. The van der Waals surface area contributed by atoms with E-state index in [1.165, 1.54) is 19.4 Å². The van der Waals surface area contributed by atoms with Crippen molar-refractivity contribution in [2.75, 3.05) is 33.2 Å². The lowest BCUT2D eigenvalue weighted by Gasteiger charge is -2.36. The van der Waals surface area contributed by atoms with Gasteiger partial charge in [-0.1, -0.05) is 6.92 Å². The van der Waals surface area contributed by atoms with E-state index in [1.54, 1.807) is 0 Å². The van der Waals surface area contributed by atoms with Gasteiger partial charge in [0.1, 0.15) is 5.60 Å². The first kappa shape index (κ1) is 20.2. The minimum atomic E-state index is -0.487. The zero-order valence-corrected chi connectivity index (χ0v) is 15.8. The van der Waals surface area contributed by atoms with Crippen molar-refractivity contribution in [1.82, 2.24) is 15.1 Å². The van der Waals surface area contributed by atoms with Gasteiger partial charge < -0.3 is 15.8 Å². The molecule has 0 aromatic heterocycles. The smallest absolute Gasteiger partial charge is 0.407 e. The molecule has 1 saturated heterocycles. The molecule has 0 aromatic carbocycles. The van der Waals surface area contributed by atoms with Crippen LogP contribution in [-0.4, -0.2) is 72.8 Å². The fourth-order valence-corrected chi connectivity index (χ4v) is 3.34. The minimum absolute atomic E-state index is 0.0590. The monoisotopic (exact) mass is 328 g/mol. The number of carbonyl (C=O) groups is 1. The molecule has 1 aliphatic heterocycles. The molecule has 1 amide bonds. The van der Waals surface area contributed by atoms with Crippen LogP contribution in [0.4, 0.5) is 4.79 Å². The molecule has 3 atom stereocenters. The van der Waals surface area contributed by atoms with Crippen molar-refractivity contribution in [3.63, 3.8) is 0 Å². The Balaban J connectivity index is 2.54. The number of rotatable bonds is 7. The Labute approximate surface area is 141 Å². The first-order chi connectivity index (χ1) is 10.7. The van der Waals surface area contributed by atoms with E-state index in [0.29, 0.717) is 12.6 Å². The molecule has 23 heavy (non-hydrogen) atoms. The number of ether oxygens (including phenoxy) is 1. The summed E-state index contributed by atoms with van der Waals surface area (Å²) < 4.78 is 5.33. The van der Waals surface area contributed by atoms with Gasteiger partial charge in [0.2, 0.25) is 0 Å². The maximum Gasteiger partial charge on any atom is 0.407 e. The van der Waals surface area contributed by atoms with Gasteiger partial charge in [-0.2, -0.15) is 0 Å². The SMILES string of the molecule is CCN1CCCC1CN(C)C(CN)C(C)NC(=O)OC(C)(C)C. The molecule has 6 heteroatoms. The molecular formula is C17H36N4O2. The Hall–Kier alpha value is -0.850. The van der Waals surface area contributed by atoms with Crippen molar-refractivity contribution in [3.8, 4) is 0 Å². The van der Waals surface area contributed by atoms with Crippen LogP contribution in [0.1, 0.15) is 47.5 Å². The minimum Gasteiger partial charge on any atom is -0.444 e. The molecule has 3 N–H and O–H groups in total. The molecule has 1 heterocycles. The third-order valence-corrected chi connectivity index (χ3v) is 4.53. The van der Waals surface area contributed by atoms with Gasteiger partial charge in [-0.15, -0.1) is 0 Å². The highest BCUT2D eigenvalue weighted by Gasteiger charge is 2.29. The maximum atomic E-state index is 12.0. The summed E-state index contributed by atoms with van der Waals surface area (Å²) in [5.74, 6) is 0. The van der Waals surface area contributed by atoms with E-state index in [0.717, 1.165) is 13.1 Å². The molecule has 0 saturated carbocycles. The van der Waals surface area contributed by atoms with E-state index in [1.807, 2.05) is 27.7 Å². The molecular weight excluding hydrogens is 292 g/mol. The van der Waals surface area contributed by atoms with Crippen molar-refractivity contribution in [2.45, 2.75) is 71.2 Å². The Morgan fingerprint density at radius 1 is 1.48 bits per heavy atom. The fraction of sp³-hybridized carbons (Fsp3) is 0.941. The number of hydrogen-bond donors (Lipinski definition) is 2. The molecule has 0 radical (unpaired) electrons. The number of alkyl carbamates (subject to hydrolysis) is 1. The molecule has 3 unspecified atom stereocenters. The predicted octanol–water partition coefficient (Wildman–Crippen LogP) is 1.64. The normalized spacial score (nSPS) is 22.2. The number of nitrogens with two attached hydrogens (primary N) is 1. The van der Waals surface area contributed by atoms with E-state index in [2.05, 4.69) is 29.1 Å². The van der Waals surface area contributed by atoms with Crippen LogP contribution in [-0.2, 0) is 4.74 Å². The lowest BCUT2D eigenvalue weighted by molar-refractivity contribution is 0.0471. The van der Waals surface area contributed by atoms with Crippen LogP contribution in [0.2, 0.25) is 0 Å². The van der Waals surface area contributed by atoms with Gasteiger partial charge in [-0.25, -0.2) is 4.79 Å². The van der Waals surface area contributed by atoms with Crippen LogP contribution in [0.3, 0.4) is 0 Å². The van der Waals surface area contributed by atoms with Gasteiger partial charge in [0.15, 0.2) is 0 Å². The lowest BCUT2D eigenvalue weighted by Crippen LogP contribution is -2.55. The number of amides is 1. The molecule has 0 bridgehead atoms. The Morgan fingerprint density at radius 2 is 2.13 bits per heavy atom. The Morgan fingerprint density at radius 3 is 2.65 bits per heavy atom. The van der Waals surface area contributed by atoms with Gasteiger partial charge >= 0.3 is 6.09 Å². The van der Waals surface area contributed by atoms with Crippen LogP contribution >= 0.6 is 0 Å². The zero-order valence-electron chi connectivity index (χ0n) is 15.8. The summed E-state index contributed by atoms with van der Waals surface area (Å²) >= 11 is 0. The van der Waals surface area contributed by atoms with E-state index >= 15 is 0 Å². The van der Waals surface area contributed by atoms with Gasteiger partial charge in [-0.3, -0.25) is 9.80 Å². The first-order valence-electron chi connectivity index (χ1n) is 8.81. The highest BCUT2D eigenvalue weighted by molar-refractivity contribution is 5.68. The average molecular weight is 329 g/mol. The van der Waals surface area contributed by atoms with Crippen LogP contribution in [0.25, 0.3) is 0 Å². The van der Waals surface area contributed by atoms with Crippen molar-refractivity contribution in [1.29, 1.82) is 0 Å². The molecule has 6 nitrogen and oxygen atoms in total. The van der Waals surface area contributed by atoms with Crippen LogP contribution in [0.15, 0.2) is 0 Å². The largest absolute Gasteiger partial charge is 0.444 e. The molecule has 1 fully saturated rings. The summed E-state index contributed by atoms with van der Waals surface area (Å²) in [4.78, 5) is 16.8. The van der Waals surface area contributed by atoms with Crippen molar-refractivity contribution in [2.24, 2.45) is 5.73 Å². The summed E-state index contributed by atoms with van der Waals surface area (Å²) in [6, 6.07) is 0.630. The fourth-order valence-electron chi connectivity index (χ4n) is 3.34. The highest BCUT2D eigenvalue weighted by atomic mass is 16.6. The van der Waals surface area contributed by atoms with Crippen LogP contribution in [0, 0.1) is 0 Å². The lowest BCUT2D eigenvalue weighted by atomic mass is 10.1. The van der Waals surface area contributed by atoms with E-state index in [-0.39, 0.29) is 18.2 Å². The Kier molecular flexibility index (Phi) is 7.77. The van der Waals surface area contributed by atoms with E-state index < -0.39 is 5.60 Å². The summed E-state index contributed by atoms with van der Waals surface area (Å²) in [6.07, 6.45) is 2.13. The summed E-state index contributed by atoms with van der Waals surface area (Å²) in [5, 5.41) is 2.92. The number of carbonyl (C=O) groups excluding carboxylic acids is 1. The highest BCUT2D eigenvalue weighted by Crippen LogP contribution is 2.18. The van der Waals surface area contributed by atoms with Crippen molar-refractivity contribution < 1.29 is 9.53 Å². The molecule has 0 aromatic rings. The zero-order chi connectivity index (χ0) is 17.6. The third-order valence-electron chi connectivity index (χ3n) is 4.53. The third kappa shape index (κ3) is 6.65. The number of likely N-dealkylation sites (tertiary alicyclic amines) is 1. The van der Waals surface area contributed by atoms with Gasteiger partial charge in [0.05, 0.1) is 0 Å². The maximum absolute atomic E-state index is 12.0. The standard InChI is InChI=1S/C17H36N4O2/c1-7-21-10-8-9-14(21)12-20(6)15(11-18)13(2)19-16(22)23-17(3,4)5/h13-15H,7-12,18H2,1-6H3,(H,19,22). The van der Waals surface area contributed by atoms with Gasteiger partial charge in [0.25, 0.3) is 0 Å². The first-order valence-corrected chi connectivity index (χ1v) is 8.81. The summed E-state index contributed by atoms with van der Waals surface area (Å²) in [6.45, 7) is 13.6. The number of hydrogen-bond acceptors (Lipinski definition) is 5. The number of nitrogens with one attached hydrogen (secondary N) is 1. The molecule has 0 aliphatic carbocycles. The van der Waals surface area contributed by atoms with Gasteiger partial charge in [0, 0.05) is 31.2 Å². The second-order valence-corrected chi connectivity index (χ2v) is 7.60. The second-order valence-electron chi connectivity index (χ2n) is 7.60. The molecule has 1 rings (SSSR count). The topological polar surface area (TPSA) is 70.8 Å². The quantitative estimate of drug-likeness (QED) is 0.743. The predicted molar refractivity (Wildman–Crippen MR) is 94.6 cm³/mol. The van der Waals surface area contributed by atoms with Gasteiger partial charge in [-0.05, 0) is 60.7 Å². The average Bonchev–Trinajstić information content (AvgIpc) is 2.84. The summed E-state index contributed by atoms with van der Waals surface area (Å²) in [7, 11) is 2.09. The number of nitrogens with zero attached hydrogens (tertiary/aromatic N) is 2. The van der Waals surface area contributed by atoms with Crippen molar-refractivity contribution >= 4 is 6.09 Å². The van der Waals surface area contributed by atoms with E-state index in [4.69, 9.17) is 10.5 Å². The van der Waals surface area contributed by atoms with E-state index in [9.17, 15) is 4.79 Å². The molecule has 1 aliphatic rings. The van der Waals surface area contributed by atoms with Crippen LogP contribution in [0.5, 0.6) is 0 Å². The summed E-state index contributed by atoms with van der Waals surface area (Å²) in [5.41, 5.74) is 5.48.